The van der Waals surface area contributed by atoms with Crippen molar-refractivity contribution in [3.8, 4) is 0 Å². The lowest BCUT2D eigenvalue weighted by molar-refractivity contribution is -0.149. The highest BCUT2D eigenvalue weighted by Gasteiger charge is 2.42. The molecule has 0 heterocycles. The van der Waals surface area contributed by atoms with Gasteiger partial charge in [0.1, 0.15) is 18.1 Å². The van der Waals surface area contributed by atoms with Crippen LogP contribution in [-0.4, -0.2) is 69.5 Å². The fourth-order valence-electron chi connectivity index (χ4n) is 3.70. The molecule has 0 saturated heterocycles. The number of carbonyl (C=O) groups excluding carboxylic acids is 4. The van der Waals surface area contributed by atoms with Crippen LogP contribution in [0.25, 0.3) is 0 Å². The molecule has 0 aliphatic heterocycles. The Bertz CT molecular complexity index is 787. The van der Waals surface area contributed by atoms with Crippen molar-refractivity contribution < 1.29 is 33.1 Å². The Labute approximate surface area is 230 Å². The molecular formula is C27H53N3O7Si. The van der Waals surface area contributed by atoms with Crippen molar-refractivity contribution in [3.63, 3.8) is 0 Å². The zero-order valence-corrected chi connectivity index (χ0v) is 26.4. The first-order valence-electron chi connectivity index (χ1n) is 13.7. The van der Waals surface area contributed by atoms with Crippen LogP contribution in [0.15, 0.2) is 0 Å². The molecule has 0 spiro atoms. The Morgan fingerprint density at radius 1 is 0.895 bits per heavy atom. The summed E-state index contributed by atoms with van der Waals surface area (Å²) in [6.07, 6.45) is 1.23. The molecule has 0 rings (SSSR count). The van der Waals surface area contributed by atoms with Gasteiger partial charge in [0.15, 0.2) is 8.32 Å². The van der Waals surface area contributed by atoms with Gasteiger partial charge >= 0.3 is 11.9 Å². The van der Waals surface area contributed by atoms with Gasteiger partial charge in [-0.3, -0.25) is 14.4 Å². The Morgan fingerprint density at radius 3 is 1.97 bits per heavy atom. The van der Waals surface area contributed by atoms with Crippen LogP contribution in [0.5, 0.6) is 0 Å². The number of nitrogens with one attached hydrogen (secondary N) is 2. The molecule has 0 bridgehead atoms. The van der Waals surface area contributed by atoms with E-state index in [-0.39, 0.29) is 47.9 Å². The van der Waals surface area contributed by atoms with Crippen molar-refractivity contribution in [1.82, 2.24) is 10.6 Å². The Hall–Kier alpha value is -1.98. The van der Waals surface area contributed by atoms with Crippen LogP contribution in [0.1, 0.15) is 81.6 Å². The number of amides is 2. The van der Waals surface area contributed by atoms with E-state index in [0.29, 0.717) is 13.0 Å². The second-order valence-electron chi connectivity index (χ2n) is 11.8. The average Bonchev–Trinajstić information content (AvgIpc) is 2.78. The fraction of sp³-hybridized carbons (Fsp3) is 0.852. The summed E-state index contributed by atoms with van der Waals surface area (Å²) < 4.78 is 16.8. The zero-order chi connectivity index (χ0) is 29.8. The molecule has 0 aromatic heterocycles. The number of ether oxygens (including phenoxy) is 2. The lowest BCUT2D eigenvalue weighted by Gasteiger charge is -2.41. The number of hydrogen-bond donors (Lipinski definition) is 3. The first-order chi connectivity index (χ1) is 17.4. The second-order valence-corrected chi connectivity index (χ2v) is 16.4. The van der Waals surface area contributed by atoms with E-state index in [4.69, 9.17) is 19.6 Å². The molecule has 4 N–H and O–H groups in total. The van der Waals surface area contributed by atoms with Crippen molar-refractivity contribution in [3.05, 3.63) is 0 Å². The molecule has 0 radical (unpaired) electrons. The lowest BCUT2D eigenvalue weighted by atomic mass is 10.0. The molecule has 0 saturated carbocycles. The van der Waals surface area contributed by atoms with Gasteiger partial charge in [-0.2, -0.15) is 0 Å². The number of rotatable bonds is 17. The van der Waals surface area contributed by atoms with Crippen LogP contribution in [0.2, 0.25) is 18.1 Å². The largest absolute Gasteiger partial charge is 0.465 e. The van der Waals surface area contributed by atoms with Crippen molar-refractivity contribution in [1.29, 1.82) is 0 Å². The Kier molecular flexibility index (Phi) is 15.4. The van der Waals surface area contributed by atoms with E-state index >= 15 is 0 Å². The van der Waals surface area contributed by atoms with E-state index in [9.17, 15) is 19.2 Å². The number of nitrogens with two attached hydrogens (primary N) is 1. The monoisotopic (exact) mass is 559 g/mol. The molecule has 4 atom stereocenters. The molecule has 0 aliphatic rings. The fourth-order valence-corrected chi connectivity index (χ4v) is 5.88. The van der Waals surface area contributed by atoms with Crippen LogP contribution >= 0.6 is 0 Å². The van der Waals surface area contributed by atoms with Crippen LogP contribution in [0.3, 0.4) is 0 Å². The third-order valence-electron chi connectivity index (χ3n) is 7.06. The van der Waals surface area contributed by atoms with Crippen molar-refractivity contribution >= 4 is 32.1 Å². The summed E-state index contributed by atoms with van der Waals surface area (Å²) in [6, 6.07) is -2.22. The van der Waals surface area contributed by atoms with Crippen LogP contribution in [0, 0.1) is 11.8 Å². The minimum atomic E-state index is -2.27. The summed E-state index contributed by atoms with van der Waals surface area (Å²) in [4.78, 5) is 49.3. The molecule has 0 aromatic carbocycles. The summed E-state index contributed by atoms with van der Waals surface area (Å²) in [5.41, 5.74) is 5.83. The van der Waals surface area contributed by atoms with Crippen LogP contribution < -0.4 is 16.4 Å². The molecule has 2 amide bonds. The van der Waals surface area contributed by atoms with E-state index < -0.39 is 38.3 Å². The maximum absolute atomic E-state index is 12.6. The van der Waals surface area contributed by atoms with Gasteiger partial charge < -0.3 is 30.3 Å². The average molecular weight is 560 g/mol. The molecule has 0 aromatic rings. The predicted molar refractivity (Wildman–Crippen MR) is 151 cm³/mol. The highest BCUT2D eigenvalue weighted by atomic mass is 28.4. The predicted octanol–water partition coefficient (Wildman–Crippen LogP) is 3.28. The number of carbonyl (C=O) groups is 4. The molecular weight excluding hydrogens is 506 g/mol. The molecule has 11 heteroatoms. The van der Waals surface area contributed by atoms with E-state index in [1.54, 1.807) is 13.8 Å². The SMILES string of the molecule is CCOC(=O)[C@@H](NC(=O)[C@H](C)NC(=O)CC(C)O[Si](C)(C)C(C)(C)CCCOC(=O)[C@@H](N)C(C)C)C(C)C. The molecule has 38 heavy (non-hydrogen) atoms. The number of hydrogen-bond acceptors (Lipinski definition) is 8. The van der Waals surface area contributed by atoms with Gasteiger partial charge in [0.25, 0.3) is 0 Å². The minimum Gasteiger partial charge on any atom is -0.465 e. The molecule has 222 valence electrons. The van der Waals surface area contributed by atoms with Crippen LogP contribution in [-0.2, 0) is 33.1 Å². The van der Waals surface area contributed by atoms with E-state index in [0.717, 1.165) is 6.42 Å². The van der Waals surface area contributed by atoms with Gasteiger partial charge in [-0.1, -0.05) is 41.5 Å². The summed E-state index contributed by atoms with van der Waals surface area (Å²) in [5, 5.41) is 5.22. The van der Waals surface area contributed by atoms with Gasteiger partial charge in [0.2, 0.25) is 11.8 Å². The maximum atomic E-state index is 12.6. The quantitative estimate of drug-likeness (QED) is 0.140. The third-order valence-corrected chi connectivity index (χ3v) is 11.6. The summed E-state index contributed by atoms with van der Waals surface area (Å²) in [6.45, 7) is 21.5. The first-order valence-corrected chi connectivity index (χ1v) is 16.6. The summed E-state index contributed by atoms with van der Waals surface area (Å²) in [7, 11) is -2.27. The van der Waals surface area contributed by atoms with Crippen LogP contribution in [0.4, 0.5) is 0 Å². The molecule has 0 fully saturated rings. The van der Waals surface area contributed by atoms with Gasteiger partial charge in [-0.25, -0.2) is 4.79 Å². The van der Waals surface area contributed by atoms with Crippen molar-refractivity contribution in [2.24, 2.45) is 17.6 Å². The van der Waals surface area contributed by atoms with E-state index in [1.807, 2.05) is 34.6 Å². The van der Waals surface area contributed by atoms with E-state index in [1.165, 1.54) is 0 Å². The van der Waals surface area contributed by atoms with Gasteiger partial charge in [0.05, 0.1) is 25.7 Å². The Morgan fingerprint density at radius 2 is 1.47 bits per heavy atom. The van der Waals surface area contributed by atoms with Gasteiger partial charge in [-0.15, -0.1) is 0 Å². The second kappa shape index (κ2) is 16.2. The molecule has 10 nitrogen and oxygen atoms in total. The normalized spacial score (nSPS) is 15.4. The minimum absolute atomic E-state index is 0.0243. The summed E-state index contributed by atoms with van der Waals surface area (Å²) >= 11 is 0. The molecule has 0 aliphatic carbocycles. The van der Waals surface area contributed by atoms with Crippen molar-refractivity contribution in [2.45, 2.75) is 124 Å². The van der Waals surface area contributed by atoms with E-state index in [2.05, 4.69) is 37.6 Å². The van der Waals surface area contributed by atoms with Gasteiger partial charge in [-0.05, 0) is 63.6 Å². The summed E-state index contributed by atoms with van der Waals surface area (Å²) in [5.74, 6) is -1.78. The third kappa shape index (κ3) is 12.3. The lowest BCUT2D eigenvalue weighted by Crippen LogP contribution is -2.53. The Balaban J connectivity index is 4.79. The molecule has 1 unspecified atom stereocenters. The smallest absolute Gasteiger partial charge is 0.328 e. The highest BCUT2D eigenvalue weighted by Crippen LogP contribution is 2.42. The van der Waals surface area contributed by atoms with Crippen molar-refractivity contribution in [2.75, 3.05) is 13.2 Å². The maximum Gasteiger partial charge on any atom is 0.328 e. The topological polar surface area (TPSA) is 146 Å². The standard InChI is InChI=1S/C27H53N3O7Si/c1-12-35-26(34)23(18(4)5)30-24(32)20(7)29-21(31)16-19(6)37-38(10,11)27(8,9)14-13-15-36-25(33)22(28)17(2)3/h17-20,22-23H,12-16,28H2,1-11H3,(H,29,31)(H,30,32)/t19?,20-,22-,23-/m0/s1. The first kappa shape index (κ1) is 36.0. The highest BCUT2D eigenvalue weighted by molar-refractivity contribution is 6.74. The zero-order valence-electron chi connectivity index (χ0n) is 25.4. The van der Waals surface area contributed by atoms with Gasteiger partial charge in [0, 0.05) is 0 Å². The number of esters is 2.